The van der Waals surface area contributed by atoms with E-state index in [0.717, 1.165) is 30.3 Å². The van der Waals surface area contributed by atoms with Gasteiger partial charge in [0.25, 0.3) is 0 Å². The molecule has 2 saturated carbocycles. The lowest BCUT2D eigenvalue weighted by molar-refractivity contribution is -0.200. The largest absolute Gasteiger partial charge is 0.504 e. The molecule has 3 aliphatic carbocycles. The summed E-state index contributed by atoms with van der Waals surface area (Å²) in [5.41, 5.74) is -1.30. The number of piperidine rings is 1. The van der Waals surface area contributed by atoms with Gasteiger partial charge in [0.1, 0.15) is 11.9 Å². The molecular weight excluding hydrogens is 540 g/mol. The summed E-state index contributed by atoms with van der Waals surface area (Å²) in [6, 6.07) is 5.63. The highest BCUT2D eigenvalue weighted by molar-refractivity contribution is 5.92. The van der Waals surface area contributed by atoms with Crippen LogP contribution in [0, 0.1) is 11.7 Å². The Balaban J connectivity index is 1.21. The summed E-state index contributed by atoms with van der Waals surface area (Å²) >= 11 is 0. The number of halogens is 4. The van der Waals surface area contributed by atoms with E-state index in [4.69, 9.17) is 4.74 Å². The standard InChI is InChI=1S/C31H32F4N2O4/c1-36(25(39)9-5-17-4-7-21(32)20(14-17)31(33,34)35)22-10-11-30(40)24-15-19-6-8-23(38)27-26(19)29(30,28(22)41-27)12-13-37(24)16-18-2-3-18/h4-9,14,18,22,24,28,38,40H,2-3,10-13,15-16H2,1H3/t22-,24+,28-,29-,30+/m0/s1. The maximum atomic E-state index is 13.7. The molecule has 41 heavy (non-hydrogen) atoms. The van der Waals surface area contributed by atoms with Crippen molar-refractivity contribution >= 4 is 12.0 Å². The number of nitrogens with zero attached hydrogens (tertiary/aromatic N) is 2. The maximum Gasteiger partial charge on any atom is 0.419 e. The summed E-state index contributed by atoms with van der Waals surface area (Å²) in [5.74, 6) is -0.758. The highest BCUT2D eigenvalue weighted by atomic mass is 19.4. The van der Waals surface area contributed by atoms with Gasteiger partial charge in [-0.05, 0) is 86.4 Å². The van der Waals surface area contributed by atoms with Gasteiger partial charge >= 0.3 is 6.18 Å². The summed E-state index contributed by atoms with van der Waals surface area (Å²) in [7, 11) is 1.62. The second-order valence-electron chi connectivity index (χ2n) is 12.4. The van der Waals surface area contributed by atoms with E-state index >= 15 is 0 Å². The van der Waals surface area contributed by atoms with Crippen molar-refractivity contribution in [2.75, 3.05) is 20.1 Å². The van der Waals surface area contributed by atoms with Crippen LogP contribution >= 0.6 is 0 Å². The van der Waals surface area contributed by atoms with E-state index in [1.807, 2.05) is 6.07 Å². The lowest BCUT2D eigenvalue weighted by Gasteiger charge is -2.64. The van der Waals surface area contributed by atoms with E-state index in [9.17, 15) is 32.6 Å². The second-order valence-corrected chi connectivity index (χ2v) is 12.4. The number of aliphatic hydroxyl groups is 1. The van der Waals surface area contributed by atoms with Crippen LogP contribution < -0.4 is 4.74 Å². The summed E-state index contributed by atoms with van der Waals surface area (Å²) in [4.78, 5) is 17.3. The van der Waals surface area contributed by atoms with Crippen LogP contribution in [0.4, 0.5) is 17.6 Å². The molecule has 0 radical (unpaired) electrons. The second kappa shape index (κ2) is 8.94. The number of likely N-dealkylation sites (N-methyl/N-ethyl adjacent to an activating group) is 1. The van der Waals surface area contributed by atoms with Gasteiger partial charge in [-0.15, -0.1) is 0 Å². The van der Waals surface area contributed by atoms with Gasteiger partial charge in [-0.25, -0.2) is 4.39 Å². The highest BCUT2D eigenvalue weighted by Gasteiger charge is 2.73. The number of phenols is 1. The predicted octanol–water partition coefficient (Wildman–Crippen LogP) is 4.65. The van der Waals surface area contributed by atoms with Crippen LogP contribution in [0.2, 0.25) is 0 Å². The van der Waals surface area contributed by atoms with E-state index in [1.54, 1.807) is 13.1 Å². The molecule has 2 aromatic carbocycles. The average Bonchev–Trinajstić information content (AvgIpc) is 3.67. The van der Waals surface area contributed by atoms with E-state index in [-0.39, 0.29) is 17.4 Å². The molecule has 5 atom stereocenters. The van der Waals surface area contributed by atoms with Crippen LogP contribution in [0.3, 0.4) is 0 Å². The minimum atomic E-state index is -4.85. The van der Waals surface area contributed by atoms with Crippen molar-refractivity contribution in [1.29, 1.82) is 0 Å². The molecule has 5 aliphatic rings. The number of rotatable bonds is 5. The van der Waals surface area contributed by atoms with Crippen molar-refractivity contribution in [3.63, 3.8) is 0 Å². The third-order valence-electron chi connectivity index (χ3n) is 10.3. The molecule has 2 heterocycles. The van der Waals surface area contributed by atoms with Crippen molar-refractivity contribution in [2.24, 2.45) is 5.92 Å². The number of hydrogen-bond acceptors (Lipinski definition) is 5. The first-order valence-electron chi connectivity index (χ1n) is 14.2. The Hall–Kier alpha value is -3.11. The summed E-state index contributed by atoms with van der Waals surface area (Å²) < 4.78 is 59.7. The van der Waals surface area contributed by atoms with Gasteiger partial charge in [0.05, 0.1) is 22.6 Å². The third kappa shape index (κ3) is 3.86. The number of aromatic hydroxyl groups is 1. The summed E-state index contributed by atoms with van der Waals surface area (Å²) in [5, 5.41) is 23.4. The SMILES string of the molecule is CN(C(=O)C=Cc1ccc(F)c(C(F)(F)F)c1)[C@H]1CC[C@@]2(O)[C@H]3Cc4ccc(O)c5c4[C@@]2(CCN3CC2CC2)[C@H]1O5. The molecule has 1 spiro atoms. The van der Waals surface area contributed by atoms with Gasteiger partial charge in [0, 0.05) is 31.3 Å². The molecule has 0 unspecified atom stereocenters. The van der Waals surface area contributed by atoms with Crippen LogP contribution in [0.15, 0.2) is 36.4 Å². The molecule has 1 saturated heterocycles. The highest BCUT2D eigenvalue weighted by Crippen LogP contribution is 2.66. The molecule has 6 nitrogen and oxygen atoms in total. The van der Waals surface area contributed by atoms with Crippen molar-refractivity contribution in [3.8, 4) is 11.5 Å². The summed E-state index contributed by atoms with van der Waals surface area (Å²) in [6.07, 6.45) is 1.62. The number of alkyl halides is 3. The first-order valence-corrected chi connectivity index (χ1v) is 14.2. The summed E-state index contributed by atoms with van der Waals surface area (Å²) in [6.45, 7) is 1.75. The lowest BCUT2D eigenvalue weighted by atomic mass is 9.48. The van der Waals surface area contributed by atoms with E-state index < -0.39 is 46.6 Å². The minimum absolute atomic E-state index is 0.0122. The number of ether oxygens (including phenoxy) is 1. The molecule has 2 aliphatic heterocycles. The Bertz CT molecular complexity index is 1460. The fourth-order valence-electron chi connectivity index (χ4n) is 8.16. The van der Waals surface area contributed by atoms with E-state index in [1.165, 1.54) is 36.0 Å². The number of carbonyl (C=O) groups is 1. The van der Waals surface area contributed by atoms with Crippen molar-refractivity contribution in [3.05, 3.63) is 64.5 Å². The fraction of sp³-hybridized carbons (Fsp3) is 0.516. The Kier molecular flexibility index (Phi) is 5.84. The van der Waals surface area contributed by atoms with Gasteiger partial charge in [0.2, 0.25) is 5.91 Å². The number of carbonyl (C=O) groups excluding carboxylic acids is 1. The molecule has 2 N–H and O–H groups in total. The van der Waals surface area contributed by atoms with Gasteiger partial charge in [-0.2, -0.15) is 13.2 Å². The van der Waals surface area contributed by atoms with Crippen LogP contribution in [-0.2, 0) is 22.8 Å². The van der Waals surface area contributed by atoms with Crippen LogP contribution in [0.1, 0.15) is 54.4 Å². The molecule has 3 fully saturated rings. The Labute approximate surface area is 235 Å². The predicted molar refractivity (Wildman–Crippen MR) is 142 cm³/mol. The number of phenolic OH excluding ortho intramolecular Hbond substituents is 1. The fourth-order valence-corrected chi connectivity index (χ4v) is 8.16. The normalized spacial score (nSPS) is 32.1. The first-order chi connectivity index (χ1) is 19.4. The molecule has 2 bridgehead atoms. The zero-order valence-corrected chi connectivity index (χ0v) is 22.6. The van der Waals surface area contributed by atoms with Crippen molar-refractivity contribution in [2.45, 2.75) is 73.9 Å². The smallest absolute Gasteiger partial charge is 0.419 e. The van der Waals surface area contributed by atoms with Gasteiger partial charge in [-0.3, -0.25) is 9.69 Å². The monoisotopic (exact) mass is 572 g/mol. The van der Waals surface area contributed by atoms with Crippen LogP contribution in [-0.4, -0.2) is 69.8 Å². The quantitative estimate of drug-likeness (QED) is 0.403. The van der Waals surface area contributed by atoms with E-state index in [0.29, 0.717) is 43.4 Å². The van der Waals surface area contributed by atoms with Crippen molar-refractivity contribution in [1.82, 2.24) is 9.80 Å². The van der Waals surface area contributed by atoms with Gasteiger partial charge < -0.3 is 19.8 Å². The Morgan fingerprint density at radius 2 is 1.98 bits per heavy atom. The molecule has 10 heteroatoms. The first kappa shape index (κ1) is 26.8. The molecular formula is C31H32F4N2O4. The Morgan fingerprint density at radius 1 is 1.20 bits per heavy atom. The topological polar surface area (TPSA) is 73.2 Å². The molecule has 0 aromatic heterocycles. The number of benzene rings is 2. The molecule has 7 rings (SSSR count). The van der Waals surface area contributed by atoms with Crippen LogP contribution in [0.25, 0.3) is 6.08 Å². The van der Waals surface area contributed by atoms with Gasteiger partial charge in [-0.1, -0.05) is 12.1 Å². The van der Waals surface area contributed by atoms with Crippen LogP contribution in [0.5, 0.6) is 11.5 Å². The zero-order chi connectivity index (χ0) is 28.9. The van der Waals surface area contributed by atoms with E-state index in [2.05, 4.69) is 4.90 Å². The Morgan fingerprint density at radius 3 is 2.71 bits per heavy atom. The maximum absolute atomic E-state index is 13.7. The van der Waals surface area contributed by atoms with Gasteiger partial charge in [0.15, 0.2) is 11.5 Å². The lowest BCUT2D eigenvalue weighted by Crippen LogP contribution is -2.78. The average molecular weight is 573 g/mol. The van der Waals surface area contributed by atoms with Crippen molar-refractivity contribution < 1.29 is 37.3 Å². The molecule has 218 valence electrons. The molecule has 1 amide bonds. The minimum Gasteiger partial charge on any atom is -0.504 e. The third-order valence-corrected chi connectivity index (χ3v) is 10.3. The number of hydrogen-bond donors (Lipinski definition) is 2. The zero-order valence-electron chi connectivity index (χ0n) is 22.6. The number of amides is 1. The molecule has 2 aromatic rings. The number of likely N-dealkylation sites (tertiary alicyclic amines) is 1.